The Morgan fingerprint density at radius 1 is 0.919 bits per heavy atom. The van der Waals surface area contributed by atoms with Crippen molar-refractivity contribution in [2.45, 2.75) is 13.5 Å². The predicted molar refractivity (Wildman–Crippen MR) is 147 cm³/mol. The molecule has 37 heavy (non-hydrogen) atoms. The van der Waals surface area contributed by atoms with Gasteiger partial charge >= 0.3 is 0 Å². The molecule has 5 rings (SSSR count). The SMILES string of the molecule is Cc1cccc(NC(=O)CN2C(=O)S/C(=C\c3ccc(OCc4ccc5ccccc5c4)cc3)C2=O)c1. The Kier molecular flexibility index (Phi) is 7.05. The molecule has 6 nitrogen and oxygen atoms in total. The maximum absolute atomic E-state index is 12.8. The number of nitrogens with zero attached hydrogens (tertiary/aromatic N) is 1. The number of thioether (sulfide) groups is 1. The van der Waals surface area contributed by atoms with Gasteiger partial charge in [-0.05, 0) is 82.6 Å². The molecule has 0 aliphatic carbocycles. The molecule has 1 heterocycles. The second kappa shape index (κ2) is 10.7. The molecular formula is C30H24N2O4S. The number of carbonyl (C=O) groups excluding carboxylic acids is 3. The molecule has 1 saturated heterocycles. The Labute approximate surface area is 218 Å². The van der Waals surface area contributed by atoms with Crippen molar-refractivity contribution >= 4 is 51.4 Å². The lowest BCUT2D eigenvalue weighted by atomic mass is 10.1. The maximum atomic E-state index is 12.8. The van der Waals surface area contributed by atoms with Crippen LogP contribution in [-0.2, 0) is 16.2 Å². The molecule has 1 aliphatic rings. The van der Waals surface area contributed by atoms with E-state index in [0.717, 1.165) is 33.4 Å². The summed E-state index contributed by atoms with van der Waals surface area (Å²) in [6, 6.07) is 29.1. The first-order valence-corrected chi connectivity index (χ1v) is 12.6. The number of nitrogens with one attached hydrogen (secondary N) is 1. The molecule has 0 aromatic heterocycles. The van der Waals surface area contributed by atoms with Crippen LogP contribution >= 0.6 is 11.8 Å². The van der Waals surface area contributed by atoms with Crippen molar-refractivity contribution in [1.82, 2.24) is 4.90 Å². The van der Waals surface area contributed by atoms with E-state index in [9.17, 15) is 14.4 Å². The van der Waals surface area contributed by atoms with Crippen molar-refractivity contribution in [1.29, 1.82) is 0 Å². The highest BCUT2D eigenvalue weighted by molar-refractivity contribution is 8.18. The van der Waals surface area contributed by atoms with Gasteiger partial charge in [-0.3, -0.25) is 19.3 Å². The van der Waals surface area contributed by atoms with E-state index in [4.69, 9.17) is 4.74 Å². The van der Waals surface area contributed by atoms with Crippen LogP contribution in [-0.4, -0.2) is 28.5 Å². The third-order valence-electron chi connectivity index (χ3n) is 5.87. The van der Waals surface area contributed by atoms with Gasteiger partial charge in [0.05, 0.1) is 4.91 Å². The monoisotopic (exact) mass is 508 g/mol. The predicted octanol–water partition coefficient (Wildman–Crippen LogP) is 6.40. The summed E-state index contributed by atoms with van der Waals surface area (Å²) < 4.78 is 5.92. The topological polar surface area (TPSA) is 75.7 Å². The minimum absolute atomic E-state index is 0.276. The number of hydrogen-bond donors (Lipinski definition) is 1. The zero-order valence-corrected chi connectivity index (χ0v) is 21.0. The van der Waals surface area contributed by atoms with Gasteiger partial charge < -0.3 is 10.1 Å². The van der Waals surface area contributed by atoms with Gasteiger partial charge in [0.25, 0.3) is 11.1 Å². The first-order chi connectivity index (χ1) is 17.9. The van der Waals surface area contributed by atoms with E-state index in [1.54, 1.807) is 12.1 Å². The van der Waals surface area contributed by atoms with Gasteiger partial charge in [0.1, 0.15) is 18.9 Å². The Balaban J connectivity index is 1.19. The minimum atomic E-state index is -0.481. The molecule has 0 bridgehead atoms. The lowest BCUT2D eigenvalue weighted by Crippen LogP contribution is -2.36. The molecule has 0 saturated carbocycles. The van der Waals surface area contributed by atoms with Gasteiger partial charge in [0.15, 0.2) is 0 Å². The van der Waals surface area contributed by atoms with E-state index in [-0.39, 0.29) is 11.4 Å². The summed E-state index contributed by atoms with van der Waals surface area (Å²) >= 11 is 0.827. The third kappa shape index (κ3) is 5.90. The van der Waals surface area contributed by atoms with E-state index < -0.39 is 17.1 Å². The van der Waals surface area contributed by atoms with Gasteiger partial charge in [-0.2, -0.15) is 0 Å². The molecule has 4 aromatic rings. The molecule has 7 heteroatoms. The fraction of sp³-hybridized carbons (Fsp3) is 0.100. The van der Waals surface area contributed by atoms with Crippen LogP contribution in [0, 0.1) is 6.92 Å². The Bertz CT molecular complexity index is 1530. The molecule has 0 radical (unpaired) electrons. The number of hydrogen-bond acceptors (Lipinski definition) is 5. The van der Waals surface area contributed by atoms with E-state index in [1.165, 1.54) is 10.8 Å². The summed E-state index contributed by atoms with van der Waals surface area (Å²) in [7, 11) is 0. The number of imide groups is 1. The van der Waals surface area contributed by atoms with Gasteiger partial charge in [-0.25, -0.2) is 0 Å². The van der Waals surface area contributed by atoms with Crippen LogP contribution < -0.4 is 10.1 Å². The van der Waals surface area contributed by atoms with E-state index in [0.29, 0.717) is 18.0 Å². The number of fused-ring (bicyclic) bond motifs is 1. The highest BCUT2D eigenvalue weighted by Crippen LogP contribution is 2.32. The standard InChI is InChI=1S/C30H24N2O4S/c1-20-5-4-8-25(15-20)31-28(33)18-32-29(34)27(37-30(32)35)17-21-10-13-26(14-11-21)36-19-22-9-12-23-6-2-3-7-24(23)16-22/h2-17H,18-19H2,1H3,(H,31,33)/b27-17-. The molecule has 1 fully saturated rings. The van der Waals surface area contributed by atoms with E-state index in [1.807, 2.05) is 67.6 Å². The highest BCUT2D eigenvalue weighted by Gasteiger charge is 2.36. The number of ether oxygens (including phenoxy) is 1. The Morgan fingerprint density at radius 2 is 1.70 bits per heavy atom. The Morgan fingerprint density at radius 3 is 2.49 bits per heavy atom. The number of carbonyl (C=O) groups is 3. The second-order valence-electron chi connectivity index (χ2n) is 8.72. The molecule has 1 N–H and O–H groups in total. The van der Waals surface area contributed by atoms with Crippen LogP contribution in [0.4, 0.5) is 10.5 Å². The number of aryl methyl sites for hydroxylation is 1. The largest absolute Gasteiger partial charge is 0.489 e. The first-order valence-electron chi connectivity index (χ1n) is 11.8. The molecule has 0 atom stereocenters. The molecule has 3 amide bonds. The molecular weight excluding hydrogens is 484 g/mol. The van der Waals surface area contributed by atoms with Gasteiger partial charge in [0.2, 0.25) is 5.91 Å². The lowest BCUT2D eigenvalue weighted by molar-refractivity contribution is -0.127. The van der Waals surface area contributed by atoms with Crippen molar-refractivity contribution in [2.24, 2.45) is 0 Å². The molecule has 0 unspecified atom stereocenters. The van der Waals surface area contributed by atoms with Gasteiger partial charge in [-0.15, -0.1) is 0 Å². The van der Waals surface area contributed by atoms with Crippen LogP contribution in [0.1, 0.15) is 16.7 Å². The van der Waals surface area contributed by atoms with E-state index in [2.05, 4.69) is 29.6 Å². The third-order valence-corrected chi connectivity index (χ3v) is 6.78. The molecule has 4 aromatic carbocycles. The van der Waals surface area contributed by atoms with Crippen LogP contribution in [0.5, 0.6) is 5.75 Å². The average molecular weight is 509 g/mol. The normalized spacial score (nSPS) is 14.4. The zero-order chi connectivity index (χ0) is 25.8. The van der Waals surface area contributed by atoms with Crippen LogP contribution in [0.15, 0.2) is 95.9 Å². The first kappa shape index (κ1) is 24.3. The maximum Gasteiger partial charge on any atom is 0.294 e. The molecule has 0 spiro atoms. The van der Waals surface area contributed by atoms with Crippen LogP contribution in [0.2, 0.25) is 0 Å². The van der Waals surface area contributed by atoms with Crippen molar-refractivity contribution in [3.63, 3.8) is 0 Å². The zero-order valence-electron chi connectivity index (χ0n) is 20.1. The van der Waals surface area contributed by atoms with Crippen LogP contribution in [0.3, 0.4) is 0 Å². The van der Waals surface area contributed by atoms with Crippen LogP contribution in [0.25, 0.3) is 16.8 Å². The summed E-state index contributed by atoms with van der Waals surface area (Å²) in [5, 5.41) is 4.61. The number of anilines is 1. The number of benzene rings is 4. The van der Waals surface area contributed by atoms with Crippen molar-refractivity contribution < 1.29 is 19.1 Å². The molecule has 184 valence electrons. The number of amides is 3. The lowest BCUT2D eigenvalue weighted by Gasteiger charge is -2.12. The molecule has 1 aliphatic heterocycles. The van der Waals surface area contributed by atoms with Gasteiger partial charge in [-0.1, -0.05) is 60.7 Å². The van der Waals surface area contributed by atoms with Crippen molar-refractivity contribution in [3.8, 4) is 5.75 Å². The fourth-order valence-corrected chi connectivity index (χ4v) is 4.85. The second-order valence-corrected chi connectivity index (χ2v) is 9.72. The number of rotatable bonds is 7. The van der Waals surface area contributed by atoms with Gasteiger partial charge in [0, 0.05) is 5.69 Å². The summed E-state index contributed by atoms with van der Waals surface area (Å²) in [4.78, 5) is 38.8. The van der Waals surface area contributed by atoms with Crippen molar-refractivity contribution in [2.75, 3.05) is 11.9 Å². The summed E-state index contributed by atoms with van der Waals surface area (Å²) in [5.74, 6) is -0.209. The quantitative estimate of drug-likeness (QED) is 0.292. The summed E-state index contributed by atoms with van der Waals surface area (Å²) in [5.41, 5.74) is 3.45. The Hall–Kier alpha value is -4.36. The van der Waals surface area contributed by atoms with Crippen molar-refractivity contribution in [3.05, 3.63) is 113 Å². The highest BCUT2D eigenvalue weighted by atomic mass is 32.2. The smallest absolute Gasteiger partial charge is 0.294 e. The average Bonchev–Trinajstić information content (AvgIpc) is 3.15. The summed E-state index contributed by atoms with van der Waals surface area (Å²) in [6.07, 6.45) is 1.65. The minimum Gasteiger partial charge on any atom is -0.489 e. The fourth-order valence-electron chi connectivity index (χ4n) is 4.01. The summed E-state index contributed by atoms with van der Waals surface area (Å²) in [6.45, 7) is 2.02. The van der Waals surface area contributed by atoms with E-state index >= 15 is 0 Å².